The van der Waals surface area contributed by atoms with Crippen LogP contribution in [-0.4, -0.2) is 43.6 Å². The Morgan fingerprint density at radius 2 is 1.71 bits per heavy atom. The first-order valence-electron chi connectivity index (χ1n) is 13.0. The van der Waals surface area contributed by atoms with E-state index in [2.05, 4.69) is 10.1 Å². The van der Waals surface area contributed by atoms with Gasteiger partial charge in [-0.3, -0.25) is 9.59 Å². The molecule has 8 nitrogen and oxygen atoms in total. The Labute approximate surface area is 245 Å². The Kier molecular flexibility index (Phi) is 9.10. The first-order chi connectivity index (χ1) is 19.8. The van der Waals surface area contributed by atoms with Gasteiger partial charge in [0.2, 0.25) is 0 Å². The van der Waals surface area contributed by atoms with Gasteiger partial charge in [-0.25, -0.2) is 0 Å². The molecule has 1 unspecified atom stereocenters. The lowest BCUT2D eigenvalue weighted by atomic mass is 9.90. The molecule has 0 radical (unpaired) electrons. The number of nitrogens with one attached hydrogen (secondary N) is 1. The van der Waals surface area contributed by atoms with Crippen LogP contribution in [0.4, 0.5) is 24.5 Å². The summed E-state index contributed by atoms with van der Waals surface area (Å²) in [4.78, 5) is 26.9. The second-order valence-corrected chi connectivity index (χ2v) is 10.8. The van der Waals surface area contributed by atoms with Crippen LogP contribution in [0.15, 0.2) is 60.7 Å². The molecule has 42 heavy (non-hydrogen) atoms. The normalized spacial score (nSPS) is 13.7. The number of halogens is 4. The number of anilines is 2. The largest absolute Gasteiger partial charge is 0.573 e. The van der Waals surface area contributed by atoms with Crippen molar-refractivity contribution in [3.05, 3.63) is 76.8 Å². The van der Waals surface area contributed by atoms with E-state index in [4.69, 9.17) is 21.1 Å². The summed E-state index contributed by atoms with van der Waals surface area (Å²) in [5, 5.41) is 13.1. The van der Waals surface area contributed by atoms with E-state index in [0.717, 1.165) is 0 Å². The first kappa shape index (κ1) is 30.8. The maximum absolute atomic E-state index is 14.0. The highest BCUT2D eigenvalue weighted by atomic mass is 35.5. The predicted molar refractivity (Wildman–Crippen MR) is 152 cm³/mol. The van der Waals surface area contributed by atoms with Gasteiger partial charge in [0.15, 0.2) is 0 Å². The molecule has 1 amide bonds. The van der Waals surface area contributed by atoms with Crippen molar-refractivity contribution in [2.75, 3.05) is 30.5 Å². The molecule has 12 heteroatoms. The number of amides is 1. The third-order valence-electron chi connectivity index (χ3n) is 6.90. The first-order valence-corrected chi connectivity index (χ1v) is 13.4. The van der Waals surface area contributed by atoms with Crippen LogP contribution >= 0.6 is 11.6 Å². The quantitative estimate of drug-likeness (QED) is 0.246. The number of rotatable bonds is 11. The van der Waals surface area contributed by atoms with Gasteiger partial charge in [-0.05, 0) is 56.0 Å². The van der Waals surface area contributed by atoms with Gasteiger partial charge >= 0.3 is 12.3 Å². The molecule has 0 aliphatic carbocycles. The Bertz CT molecular complexity index is 1450. The van der Waals surface area contributed by atoms with E-state index in [-0.39, 0.29) is 19.6 Å². The zero-order valence-electron chi connectivity index (χ0n) is 23.1. The van der Waals surface area contributed by atoms with Gasteiger partial charge in [-0.1, -0.05) is 29.8 Å². The van der Waals surface area contributed by atoms with Gasteiger partial charge in [0.05, 0.1) is 24.8 Å². The van der Waals surface area contributed by atoms with Crippen LogP contribution in [0.3, 0.4) is 0 Å². The third kappa shape index (κ3) is 7.58. The van der Waals surface area contributed by atoms with Gasteiger partial charge in [-0.15, -0.1) is 13.2 Å². The van der Waals surface area contributed by atoms with Crippen molar-refractivity contribution in [2.24, 2.45) is 5.41 Å². The maximum Gasteiger partial charge on any atom is 0.573 e. The molecule has 1 atom stereocenters. The number of carboxylic acid groups (broad SMARTS) is 1. The molecule has 0 saturated carbocycles. The highest BCUT2D eigenvalue weighted by Gasteiger charge is 2.35. The van der Waals surface area contributed by atoms with Gasteiger partial charge in [0.25, 0.3) is 5.91 Å². The van der Waals surface area contributed by atoms with E-state index >= 15 is 0 Å². The number of hydrogen-bond donors (Lipinski definition) is 2. The van der Waals surface area contributed by atoms with Gasteiger partial charge < -0.3 is 29.5 Å². The van der Waals surface area contributed by atoms with Crippen LogP contribution in [0.1, 0.15) is 37.4 Å². The molecule has 1 aliphatic rings. The van der Waals surface area contributed by atoms with Crippen LogP contribution in [-0.2, 0) is 16.0 Å². The fourth-order valence-electron chi connectivity index (χ4n) is 4.44. The van der Waals surface area contributed by atoms with Crippen molar-refractivity contribution in [1.29, 1.82) is 0 Å². The van der Waals surface area contributed by atoms with Crippen LogP contribution in [0, 0.1) is 5.41 Å². The zero-order chi connectivity index (χ0) is 30.7. The van der Waals surface area contributed by atoms with Crippen molar-refractivity contribution in [2.45, 2.75) is 39.1 Å². The zero-order valence-corrected chi connectivity index (χ0v) is 23.9. The Morgan fingerprint density at radius 3 is 2.36 bits per heavy atom. The molecule has 0 fully saturated rings. The average molecular weight is 607 g/mol. The minimum absolute atomic E-state index is 0.123. The SMILES string of the molecule is COc1cc(NC(C(=O)N2CCc3ccc(OC(F)(F)F)cc32)c2ccc(Cl)cc2)cc(OCCC(C)(C)C(=O)O)c1. The topological polar surface area (TPSA) is 97.3 Å². The molecule has 4 rings (SSSR count). The summed E-state index contributed by atoms with van der Waals surface area (Å²) in [6.07, 6.45) is -4.16. The molecule has 2 N–H and O–H groups in total. The number of hydrogen-bond acceptors (Lipinski definition) is 6. The molecular formula is C30H30ClF3N2O6. The molecular weight excluding hydrogens is 577 g/mol. The fourth-order valence-corrected chi connectivity index (χ4v) is 4.56. The summed E-state index contributed by atoms with van der Waals surface area (Å²) >= 11 is 6.09. The molecule has 1 aliphatic heterocycles. The number of carboxylic acids is 1. The second kappa shape index (κ2) is 12.4. The summed E-state index contributed by atoms with van der Waals surface area (Å²) in [6.45, 7) is 3.60. The Hall–Kier alpha value is -4.12. The molecule has 0 spiro atoms. The minimum atomic E-state index is -4.87. The Balaban J connectivity index is 1.63. The van der Waals surface area contributed by atoms with E-state index < -0.39 is 35.4 Å². The van der Waals surface area contributed by atoms with Crippen molar-refractivity contribution in [3.8, 4) is 17.2 Å². The van der Waals surface area contributed by atoms with Gasteiger partial charge in [0, 0.05) is 41.5 Å². The lowest BCUT2D eigenvalue weighted by Crippen LogP contribution is -2.37. The molecule has 224 valence electrons. The third-order valence-corrected chi connectivity index (χ3v) is 7.16. The van der Waals surface area contributed by atoms with Crippen LogP contribution in [0.5, 0.6) is 17.2 Å². The predicted octanol–water partition coefficient (Wildman–Crippen LogP) is 6.87. The average Bonchev–Trinajstić information content (AvgIpc) is 3.34. The maximum atomic E-state index is 14.0. The van der Waals surface area contributed by atoms with E-state index in [0.29, 0.717) is 45.4 Å². The van der Waals surface area contributed by atoms with Crippen LogP contribution < -0.4 is 24.4 Å². The van der Waals surface area contributed by atoms with Crippen molar-refractivity contribution < 1.29 is 42.1 Å². The van der Waals surface area contributed by atoms with E-state index in [9.17, 15) is 27.9 Å². The standard InChI is InChI=1S/C30H30ClF3N2O6/c1-29(2,28(38)39)11-13-41-24-15-21(14-23(16-24)40-3)35-26(19-4-7-20(31)8-5-19)27(37)36-12-10-18-6-9-22(17-25(18)36)42-30(32,33)34/h4-9,14-17,26,35H,10-13H2,1-3H3,(H,38,39). The molecule has 0 bridgehead atoms. The van der Waals surface area contributed by atoms with Crippen LogP contribution in [0.25, 0.3) is 0 Å². The minimum Gasteiger partial charge on any atom is -0.497 e. The number of aliphatic carboxylic acids is 1. The Morgan fingerprint density at radius 1 is 1.02 bits per heavy atom. The summed E-state index contributed by atoms with van der Waals surface area (Å²) in [6, 6.07) is 14.6. The second-order valence-electron chi connectivity index (χ2n) is 10.4. The number of carbonyl (C=O) groups excluding carboxylic acids is 1. The number of benzene rings is 3. The van der Waals surface area contributed by atoms with Gasteiger partial charge in [0.1, 0.15) is 23.3 Å². The lowest BCUT2D eigenvalue weighted by Gasteiger charge is -2.27. The molecule has 1 heterocycles. The van der Waals surface area contributed by atoms with Crippen molar-refractivity contribution >= 4 is 34.9 Å². The number of nitrogens with zero attached hydrogens (tertiary/aromatic N) is 1. The number of methoxy groups -OCH3 is 1. The number of alkyl halides is 3. The van der Waals surface area contributed by atoms with E-state index in [1.807, 2.05) is 0 Å². The fraction of sp³-hybridized carbons (Fsp3) is 0.333. The summed E-state index contributed by atoms with van der Waals surface area (Å²) in [7, 11) is 1.47. The highest BCUT2D eigenvalue weighted by molar-refractivity contribution is 6.30. The molecule has 3 aromatic carbocycles. The van der Waals surface area contributed by atoms with Crippen molar-refractivity contribution in [1.82, 2.24) is 0 Å². The van der Waals surface area contributed by atoms with Crippen LogP contribution in [0.2, 0.25) is 5.02 Å². The van der Waals surface area contributed by atoms with E-state index in [1.54, 1.807) is 56.3 Å². The molecule has 0 aromatic heterocycles. The number of fused-ring (bicyclic) bond motifs is 1. The van der Waals surface area contributed by atoms with Gasteiger partial charge in [-0.2, -0.15) is 0 Å². The highest BCUT2D eigenvalue weighted by Crippen LogP contribution is 2.37. The van der Waals surface area contributed by atoms with E-state index in [1.165, 1.54) is 30.2 Å². The number of carbonyl (C=O) groups is 2. The number of ether oxygens (including phenoxy) is 3. The lowest BCUT2D eigenvalue weighted by molar-refractivity contribution is -0.274. The smallest absolute Gasteiger partial charge is 0.497 e. The monoisotopic (exact) mass is 606 g/mol. The summed E-state index contributed by atoms with van der Waals surface area (Å²) in [5.41, 5.74) is 1.09. The summed E-state index contributed by atoms with van der Waals surface area (Å²) < 4.78 is 53.9. The van der Waals surface area contributed by atoms with Crippen molar-refractivity contribution in [3.63, 3.8) is 0 Å². The molecule has 0 saturated heterocycles. The summed E-state index contributed by atoms with van der Waals surface area (Å²) in [5.74, 6) is -0.952. The molecule has 3 aromatic rings.